The zero-order valence-electron chi connectivity index (χ0n) is 14.3. The van der Waals surface area contributed by atoms with Crippen molar-refractivity contribution < 1.29 is 14.3 Å². The molecule has 0 spiro atoms. The number of nitrogens with one attached hydrogen (secondary N) is 1. The first-order chi connectivity index (χ1) is 11.4. The first kappa shape index (κ1) is 18.1. The van der Waals surface area contributed by atoms with Crippen LogP contribution in [-0.2, 0) is 4.79 Å². The molecule has 24 heavy (non-hydrogen) atoms. The zero-order chi connectivity index (χ0) is 17.7. The lowest BCUT2D eigenvalue weighted by Gasteiger charge is -2.16. The Morgan fingerprint density at radius 1 is 1.08 bits per heavy atom. The van der Waals surface area contributed by atoms with E-state index in [-0.39, 0.29) is 5.91 Å². The molecule has 2 aromatic rings. The van der Waals surface area contributed by atoms with Gasteiger partial charge in [-0.1, -0.05) is 37.6 Å². The van der Waals surface area contributed by atoms with Crippen LogP contribution in [0.1, 0.15) is 32.3 Å². The van der Waals surface area contributed by atoms with Crippen molar-refractivity contribution in [1.82, 2.24) is 0 Å². The third kappa shape index (κ3) is 4.65. The van der Waals surface area contributed by atoms with E-state index in [1.807, 2.05) is 24.3 Å². The maximum atomic E-state index is 12.2. The number of carbonyl (C=O) groups excluding carboxylic acids is 1. The van der Waals surface area contributed by atoms with Gasteiger partial charge in [-0.2, -0.15) is 0 Å². The van der Waals surface area contributed by atoms with Gasteiger partial charge in [0.25, 0.3) is 5.91 Å². The van der Waals surface area contributed by atoms with Gasteiger partial charge in [-0.05, 0) is 48.7 Å². The van der Waals surface area contributed by atoms with Crippen molar-refractivity contribution in [2.75, 3.05) is 12.4 Å². The van der Waals surface area contributed by atoms with E-state index in [0.29, 0.717) is 28.1 Å². The summed E-state index contributed by atoms with van der Waals surface area (Å²) >= 11 is 6.06. The highest BCUT2D eigenvalue weighted by molar-refractivity contribution is 6.32. The van der Waals surface area contributed by atoms with Crippen LogP contribution < -0.4 is 14.8 Å². The SMILES string of the molecule is COc1ccc(NC(=O)[C@@H](C)Oc2ccc(C(C)C)cc2)cc1Cl. The molecule has 5 heteroatoms. The fourth-order valence-electron chi connectivity index (χ4n) is 2.18. The smallest absolute Gasteiger partial charge is 0.265 e. The molecule has 4 nitrogen and oxygen atoms in total. The van der Waals surface area contributed by atoms with Crippen molar-refractivity contribution in [3.63, 3.8) is 0 Å². The van der Waals surface area contributed by atoms with Crippen LogP contribution in [-0.4, -0.2) is 19.1 Å². The number of hydrogen-bond donors (Lipinski definition) is 1. The monoisotopic (exact) mass is 347 g/mol. The molecule has 0 saturated heterocycles. The molecule has 1 N–H and O–H groups in total. The first-order valence-electron chi connectivity index (χ1n) is 7.81. The Balaban J connectivity index is 1.97. The standard InChI is InChI=1S/C19H22ClNO3/c1-12(2)14-5-8-16(9-6-14)24-13(3)19(22)21-15-7-10-18(23-4)17(20)11-15/h5-13H,1-4H3,(H,21,22)/t13-/m1/s1. The molecule has 0 heterocycles. The molecule has 0 aromatic heterocycles. The van der Waals surface area contributed by atoms with E-state index in [1.54, 1.807) is 32.2 Å². The van der Waals surface area contributed by atoms with Crippen LogP contribution in [0.5, 0.6) is 11.5 Å². The minimum Gasteiger partial charge on any atom is -0.495 e. The summed E-state index contributed by atoms with van der Waals surface area (Å²) in [4.78, 5) is 12.2. The summed E-state index contributed by atoms with van der Waals surface area (Å²) in [5.74, 6) is 1.43. The highest BCUT2D eigenvalue weighted by Gasteiger charge is 2.15. The van der Waals surface area contributed by atoms with E-state index in [4.69, 9.17) is 21.1 Å². The minimum atomic E-state index is -0.629. The van der Waals surface area contributed by atoms with E-state index >= 15 is 0 Å². The molecular weight excluding hydrogens is 326 g/mol. The lowest BCUT2D eigenvalue weighted by molar-refractivity contribution is -0.122. The fraction of sp³-hybridized carbons (Fsp3) is 0.316. The van der Waals surface area contributed by atoms with E-state index in [1.165, 1.54) is 5.56 Å². The zero-order valence-corrected chi connectivity index (χ0v) is 15.1. The Bertz CT molecular complexity index is 698. The average Bonchev–Trinajstić information content (AvgIpc) is 2.55. The van der Waals surface area contributed by atoms with Gasteiger partial charge in [-0.3, -0.25) is 4.79 Å². The van der Waals surface area contributed by atoms with E-state index in [2.05, 4.69) is 19.2 Å². The normalized spacial score (nSPS) is 11.9. The van der Waals surface area contributed by atoms with Crippen molar-refractivity contribution in [3.05, 3.63) is 53.1 Å². The van der Waals surface area contributed by atoms with Gasteiger partial charge in [0, 0.05) is 5.69 Å². The minimum absolute atomic E-state index is 0.246. The molecule has 0 aliphatic heterocycles. The molecule has 2 aromatic carbocycles. The van der Waals surface area contributed by atoms with Crippen LogP contribution in [0.2, 0.25) is 5.02 Å². The van der Waals surface area contributed by atoms with Crippen LogP contribution in [0.4, 0.5) is 5.69 Å². The summed E-state index contributed by atoms with van der Waals surface area (Å²) in [6.45, 7) is 5.97. The van der Waals surface area contributed by atoms with Crippen LogP contribution in [0, 0.1) is 0 Å². The Kier molecular flexibility index (Phi) is 6.10. The maximum absolute atomic E-state index is 12.2. The molecule has 0 aliphatic rings. The lowest BCUT2D eigenvalue weighted by Crippen LogP contribution is -2.30. The summed E-state index contributed by atoms with van der Waals surface area (Å²) in [5, 5.41) is 3.22. The van der Waals surface area contributed by atoms with Gasteiger partial charge < -0.3 is 14.8 Å². The Morgan fingerprint density at radius 2 is 1.75 bits per heavy atom. The topological polar surface area (TPSA) is 47.6 Å². The molecular formula is C19H22ClNO3. The molecule has 0 bridgehead atoms. The summed E-state index contributed by atoms with van der Waals surface area (Å²) in [6, 6.07) is 12.8. The number of amides is 1. The van der Waals surface area contributed by atoms with Crippen LogP contribution in [0.3, 0.4) is 0 Å². The van der Waals surface area contributed by atoms with Crippen molar-refractivity contribution in [3.8, 4) is 11.5 Å². The third-order valence-corrected chi connectivity index (χ3v) is 3.94. The Morgan fingerprint density at radius 3 is 2.29 bits per heavy atom. The number of rotatable bonds is 6. The number of carbonyl (C=O) groups is 1. The van der Waals surface area contributed by atoms with Crippen LogP contribution in [0.25, 0.3) is 0 Å². The van der Waals surface area contributed by atoms with Crippen molar-refractivity contribution in [2.45, 2.75) is 32.8 Å². The number of hydrogen-bond acceptors (Lipinski definition) is 3. The highest BCUT2D eigenvalue weighted by Crippen LogP contribution is 2.27. The van der Waals surface area contributed by atoms with E-state index in [9.17, 15) is 4.79 Å². The van der Waals surface area contributed by atoms with Gasteiger partial charge in [0.1, 0.15) is 11.5 Å². The van der Waals surface area contributed by atoms with Gasteiger partial charge in [0.05, 0.1) is 12.1 Å². The van der Waals surface area contributed by atoms with E-state index < -0.39 is 6.10 Å². The molecule has 1 atom stereocenters. The van der Waals surface area contributed by atoms with Crippen LogP contribution in [0.15, 0.2) is 42.5 Å². The largest absolute Gasteiger partial charge is 0.495 e. The molecule has 128 valence electrons. The molecule has 0 radical (unpaired) electrons. The summed E-state index contributed by atoms with van der Waals surface area (Å²) in [5.41, 5.74) is 1.82. The predicted molar refractivity (Wildman–Crippen MR) is 97.3 cm³/mol. The fourth-order valence-corrected chi connectivity index (χ4v) is 2.43. The van der Waals surface area contributed by atoms with E-state index in [0.717, 1.165) is 0 Å². The predicted octanol–water partition coefficient (Wildman–Crippen LogP) is 4.88. The second-order valence-electron chi connectivity index (χ2n) is 5.82. The van der Waals surface area contributed by atoms with Crippen molar-refractivity contribution in [2.24, 2.45) is 0 Å². The number of halogens is 1. The maximum Gasteiger partial charge on any atom is 0.265 e. The van der Waals surface area contributed by atoms with Crippen molar-refractivity contribution >= 4 is 23.2 Å². The van der Waals surface area contributed by atoms with Gasteiger partial charge in [0.15, 0.2) is 6.10 Å². The molecule has 0 fully saturated rings. The molecule has 0 aliphatic carbocycles. The molecule has 1 amide bonds. The molecule has 0 unspecified atom stereocenters. The Labute approximate surface area is 147 Å². The van der Waals surface area contributed by atoms with Gasteiger partial charge in [-0.25, -0.2) is 0 Å². The molecule has 0 saturated carbocycles. The number of methoxy groups -OCH3 is 1. The van der Waals surface area contributed by atoms with Crippen molar-refractivity contribution in [1.29, 1.82) is 0 Å². The second kappa shape index (κ2) is 8.06. The highest BCUT2D eigenvalue weighted by atomic mass is 35.5. The summed E-state index contributed by atoms with van der Waals surface area (Å²) in [6.07, 6.45) is -0.629. The summed E-state index contributed by atoms with van der Waals surface area (Å²) in [7, 11) is 1.54. The lowest BCUT2D eigenvalue weighted by atomic mass is 10.0. The third-order valence-electron chi connectivity index (χ3n) is 3.65. The quantitative estimate of drug-likeness (QED) is 0.810. The second-order valence-corrected chi connectivity index (χ2v) is 6.23. The molecule has 2 rings (SSSR count). The number of anilines is 1. The van der Waals surface area contributed by atoms with Gasteiger partial charge in [-0.15, -0.1) is 0 Å². The number of ether oxygens (including phenoxy) is 2. The van der Waals surface area contributed by atoms with Gasteiger partial charge in [0.2, 0.25) is 0 Å². The average molecular weight is 348 g/mol. The first-order valence-corrected chi connectivity index (χ1v) is 8.19. The summed E-state index contributed by atoms with van der Waals surface area (Å²) < 4.78 is 10.8. The van der Waals surface area contributed by atoms with Gasteiger partial charge >= 0.3 is 0 Å². The van der Waals surface area contributed by atoms with Crippen LogP contribution >= 0.6 is 11.6 Å². The number of benzene rings is 2. The Hall–Kier alpha value is -2.20.